The Kier molecular flexibility index (Phi) is 5.95. The molecule has 0 atom stereocenters. The zero-order valence-electron chi connectivity index (χ0n) is 14.1. The first-order valence-corrected chi connectivity index (χ1v) is 7.74. The van der Waals surface area contributed by atoms with Gasteiger partial charge in [-0.1, -0.05) is 19.1 Å². The van der Waals surface area contributed by atoms with Gasteiger partial charge in [0.05, 0.1) is 7.11 Å². The number of carbonyl (C=O) groups is 2. The van der Waals surface area contributed by atoms with Gasteiger partial charge in [0.15, 0.2) is 23.9 Å². The van der Waals surface area contributed by atoms with Gasteiger partial charge in [0.2, 0.25) is 0 Å². The second-order valence-electron chi connectivity index (χ2n) is 5.31. The van der Waals surface area contributed by atoms with E-state index < -0.39 is 0 Å². The number of methoxy groups -OCH3 is 1. The van der Waals surface area contributed by atoms with Gasteiger partial charge in [0.1, 0.15) is 0 Å². The number of hydrogen-bond donors (Lipinski definition) is 1. The van der Waals surface area contributed by atoms with E-state index in [2.05, 4.69) is 12.2 Å². The monoisotopic (exact) mass is 327 g/mol. The van der Waals surface area contributed by atoms with Gasteiger partial charge in [-0.15, -0.1) is 0 Å². The van der Waals surface area contributed by atoms with Gasteiger partial charge in [-0.05, 0) is 49.2 Å². The molecule has 0 unspecified atom stereocenters. The zero-order valence-corrected chi connectivity index (χ0v) is 14.1. The lowest BCUT2D eigenvalue weighted by Crippen LogP contribution is -2.20. The molecule has 0 radical (unpaired) electrons. The number of rotatable bonds is 7. The highest BCUT2D eigenvalue weighted by atomic mass is 16.5. The first-order chi connectivity index (χ1) is 11.5. The highest BCUT2D eigenvalue weighted by Gasteiger charge is 2.10. The molecule has 0 aliphatic rings. The minimum atomic E-state index is -0.267. The van der Waals surface area contributed by atoms with Gasteiger partial charge >= 0.3 is 0 Å². The Balaban J connectivity index is 1.96. The number of aryl methyl sites for hydroxylation is 1. The fraction of sp³-hybridized carbons (Fsp3) is 0.263. The minimum Gasteiger partial charge on any atom is -0.493 e. The van der Waals surface area contributed by atoms with Gasteiger partial charge in [-0.3, -0.25) is 9.59 Å². The number of hydrogen-bond acceptors (Lipinski definition) is 4. The molecule has 24 heavy (non-hydrogen) atoms. The van der Waals surface area contributed by atoms with Crippen LogP contribution in [0.3, 0.4) is 0 Å². The van der Waals surface area contributed by atoms with E-state index in [1.807, 2.05) is 24.3 Å². The SMILES string of the molecule is CCc1ccc(NC(=O)COc2ccc(C(C)=O)cc2OC)cc1. The second-order valence-corrected chi connectivity index (χ2v) is 5.31. The van der Waals surface area contributed by atoms with Crippen molar-refractivity contribution < 1.29 is 19.1 Å². The van der Waals surface area contributed by atoms with Crippen molar-refractivity contribution in [3.63, 3.8) is 0 Å². The van der Waals surface area contributed by atoms with E-state index in [9.17, 15) is 9.59 Å². The van der Waals surface area contributed by atoms with Gasteiger partial charge < -0.3 is 14.8 Å². The van der Waals surface area contributed by atoms with Crippen molar-refractivity contribution >= 4 is 17.4 Å². The largest absolute Gasteiger partial charge is 0.493 e. The Morgan fingerprint density at radius 2 is 1.75 bits per heavy atom. The summed E-state index contributed by atoms with van der Waals surface area (Å²) in [6, 6.07) is 12.5. The third-order valence-electron chi connectivity index (χ3n) is 3.57. The number of ketones is 1. The quantitative estimate of drug-likeness (QED) is 0.791. The molecular weight excluding hydrogens is 306 g/mol. The number of nitrogens with one attached hydrogen (secondary N) is 1. The molecule has 0 bridgehead atoms. The van der Waals surface area contributed by atoms with Gasteiger partial charge in [0.25, 0.3) is 5.91 Å². The number of Topliss-reactive ketones (excluding diaryl/α,β-unsaturated/α-hetero) is 1. The number of ether oxygens (including phenoxy) is 2. The summed E-state index contributed by atoms with van der Waals surface area (Å²) in [5.41, 5.74) is 2.46. The van der Waals surface area contributed by atoms with Crippen LogP contribution in [0.1, 0.15) is 29.8 Å². The average Bonchev–Trinajstić information content (AvgIpc) is 2.60. The third kappa shape index (κ3) is 4.59. The molecule has 2 rings (SSSR count). The second kappa shape index (κ2) is 8.15. The van der Waals surface area contributed by atoms with E-state index in [0.29, 0.717) is 17.1 Å². The van der Waals surface area contributed by atoms with Crippen LogP contribution in [0, 0.1) is 0 Å². The molecule has 0 aliphatic carbocycles. The number of carbonyl (C=O) groups excluding carboxylic acids is 2. The van der Waals surface area contributed by atoms with E-state index in [-0.39, 0.29) is 18.3 Å². The Morgan fingerprint density at radius 3 is 2.33 bits per heavy atom. The predicted octanol–water partition coefficient (Wildman–Crippen LogP) is 3.48. The van der Waals surface area contributed by atoms with Crippen LogP contribution < -0.4 is 14.8 Å². The molecule has 5 heteroatoms. The highest BCUT2D eigenvalue weighted by Crippen LogP contribution is 2.28. The smallest absolute Gasteiger partial charge is 0.262 e. The van der Waals surface area contributed by atoms with E-state index in [1.54, 1.807) is 18.2 Å². The molecule has 0 spiro atoms. The average molecular weight is 327 g/mol. The van der Waals surface area contributed by atoms with Crippen LogP contribution in [0.2, 0.25) is 0 Å². The third-order valence-corrected chi connectivity index (χ3v) is 3.57. The lowest BCUT2D eigenvalue weighted by molar-refractivity contribution is -0.118. The first-order valence-electron chi connectivity index (χ1n) is 7.74. The summed E-state index contributed by atoms with van der Waals surface area (Å²) in [5.74, 6) is 0.506. The molecule has 0 saturated heterocycles. The molecule has 0 fully saturated rings. The lowest BCUT2D eigenvalue weighted by Gasteiger charge is -2.12. The molecule has 1 amide bonds. The Morgan fingerprint density at radius 1 is 1.04 bits per heavy atom. The Labute approximate surface area is 141 Å². The van der Waals surface area contributed by atoms with Crippen LogP contribution in [0.5, 0.6) is 11.5 Å². The summed E-state index contributed by atoms with van der Waals surface area (Å²) in [5, 5.41) is 2.77. The minimum absolute atomic E-state index is 0.0619. The van der Waals surface area contributed by atoms with Gasteiger partial charge in [-0.25, -0.2) is 0 Å². The Bertz CT molecular complexity index is 723. The molecule has 126 valence electrons. The van der Waals surface area contributed by atoms with Crippen molar-refractivity contribution in [3.05, 3.63) is 53.6 Å². The molecule has 0 aromatic heterocycles. The fourth-order valence-electron chi connectivity index (χ4n) is 2.17. The maximum Gasteiger partial charge on any atom is 0.262 e. The van der Waals surface area contributed by atoms with Crippen molar-refractivity contribution in [2.75, 3.05) is 19.0 Å². The summed E-state index contributed by atoms with van der Waals surface area (Å²) in [6.07, 6.45) is 0.952. The van der Waals surface area contributed by atoms with E-state index >= 15 is 0 Å². The van der Waals surface area contributed by atoms with Crippen molar-refractivity contribution in [3.8, 4) is 11.5 Å². The van der Waals surface area contributed by atoms with Crippen LogP contribution in [-0.2, 0) is 11.2 Å². The summed E-state index contributed by atoms with van der Waals surface area (Å²) in [6.45, 7) is 3.41. The molecular formula is C19H21NO4. The molecule has 0 heterocycles. The number of amides is 1. The number of anilines is 1. The molecule has 0 saturated carbocycles. The molecule has 2 aromatic carbocycles. The van der Waals surface area contributed by atoms with Crippen molar-refractivity contribution in [2.45, 2.75) is 20.3 Å². The van der Waals surface area contributed by atoms with Crippen molar-refractivity contribution in [1.29, 1.82) is 0 Å². The van der Waals surface area contributed by atoms with E-state index in [1.165, 1.54) is 19.6 Å². The highest BCUT2D eigenvalue weighted by molar-refractivity contribution is 5.95. The topological polar surface area (TPSA) is 64.6 Å². The maximum atomic E-state index is 12.0. The Hall–Kier alpha value is -2.82. The summed E-state index contributed by atoms with van der Waals surface area (Å²) in [4.78, 5) is 23.4. The lowest BCUT2D eigenvalue weighted by atomic mass is 10.1. The van der Waals surface area contributed by atoms with Gasteiger partial charge in [0, 0.05) is 11.3 Å². The van der Waals surface area contributed by atoms with E-state index in [0.717, 1.165) is 12.1 Å². The van der Waals surface area contributed by atoms with E-state index in [4.69, 9.17) is 9.47 Å². The van der Waals surface area contributed by atoms with Crippen LogP contribution in [-0.4, -0.2) is 25.4 Å². The predicted molar refractivity (Wildman–Crippen MR) is 92.9 cm³/mol. The fourth-order valence-corrected chi connectivity index (χ4v) is 2.17. The zero-order chi connectivity index (χ0) is 17.5. The summed E-state index contributed by atoms with van der Waals surface area (Å²) >= 11 is 0. The standard InChI is InChI=1S/C19H21NO4/c1-4-14-5-8-16(9-6-14)20-19(22)12-24-17-10-7-15(13(2)21)11-18(17)23-3/h5-11H,4,12H2,1-3H3,(H,20,22). The van der Waals surface area contributed by atoms with Crippen molar-refractivity contribution in [2.24, 2.45) is 0 Å². The molecule has 0 aliphatic heterocycles. The molecule has 2 aromatic rings. The van der Waals surface area contributed by atoms with Crippen LogP contribution in [0.25, 0.3) is 0 Å². The number of benzene rings is 2. The molecule has 1 N–H and O–H groups in total. The van der Waals surface area contributed by atoms with Crippen molar-refractivity contribution in [1.82, 2.24) is 0 Å². The summed E-state index contributed by atoms with van der Waals surface area (Å²) in [7, 11) is 1.49. The van der Waals surface area contributed by atoms with Crippen LogP contribution >= 0.6 is 0 Å². The van der Waals surface area contributed by atoms with Gasteiger partial charge in [-0.2, -0.15) is 0 Å². The molecule has 5 nitrogen and oxygen atoms in total. The first kappa shape index (κ1) is 17.5. The van der Waals surface area contributed by atoms with Crippen LogP contribution in [0.15, 0.2) is 42.5 Å². The summed E-state index contributed by atoms with van der Waals surface area (Å²) < 4.78 is 10.7. The normalized spacial score (nSPS) is 10.1. The van der Waals surface area contributed by atoms with Crippen LogP contribution in [0.4, 0.5) is 5.69 Å². The maximum absolute atomic E-state index is 12.0.